The quantitative estimate of drug-likeness (QED) is 0.196. The van der Waals surface area contributed by atoms with Crippen LogP contribution in [0.15, 0.2) is 164 Å². The molecule has 1 aliphatic heterocycles. The number of ether oxygens (including phenoxy) is 1. The first-order valence-electron chi connectivity index (χ1n) is 16.1. The van der Waals surface area contributed by atoms with Crippen molar-refractivity contribution in [2.75, 3.05) is 0 Å². The van der Waals surface area contributed by atoms with Crippen molar-refractivity contribution in [2.24, 2.45) is 0 Å². The number of fused-ring (bicyclic) bond motifs is 12. The highest BCUT2D eigenvalue weighted by Gasteiger charge is 2.52. The molecule has 0 bridgehead atoms. The first-order chi connectivity index (χ1) is 22.7. The van der Waals surface area contributed by atoms with E-state index in [1.54, 1.807) is 0 Å². The third-order valence-corrected chi connectivity index (χ3v) is 10.8. The Labute approximate surface area is 269 Å². The summed E-state index contributed by atoms with van der Waals surface area (Å²) >= 11 is 0. The van der Waals surface area contributed by atoms with E-state index in [-0.39, 0.29) is 5.41 Å². The molecule has 0 amide bonds. The van der Waals surface area contributed by atoms with Gasteiger partial charge in [-0.1, -0.05) is 152 Å². The number of hydrogen-bond donors (Lipinski definition) is 0. The van der Waals surface area contributed by atoms with Crippen LogP contribution in [0.2, 0.25) is 0 Å². The van der Waals surface area contributed by atoms with Gasteiger partial charge in [0.25, 0.3) is 0 Å². The molecular formula is C45H30O. The minimum absolute atomic E-state index is 0.379. The molecule has 1 heteroatoms. The Bertz CT molecular complexity index is 2320. The van der Waals surface area contributed by atoms with Crippen molar-refractivity contribution in [3.05, 3.63) is 203 Å². The van der Waals surface area contributed by atoms with Gasteiger partial charge in [-0.2, -0.15) is 0 Å². The molecule has 0 aromatic heterocycles. The van der Waals surface area contributed by atoms with Gasteiger partial charge in [-0.15, -0.1) is 0 Å². The Morgan fingerprint density at radius 3 is 1.57 bits per heavy atom. The van der Waals surface area contributed by atoms with E-state index in [4.69, 9.17) is 4.74 Å². The molecule has 3 aliphatic rings. The van der Waals surface area contributed by atoms with Gasteiger partial charge in [-0.25, -0.2) is 0 Å². The molecule has 1 nitrogen and oxygen atoms in total. The third kappa shape index (κ3) is 3.05. The second-order valence-corrected chi connectivity index (χ2v) is 12.9. The maximum absolute atomic E-state index is 6.73. The van der Waals surface area contributed by atoms with Crippen LogP contribution < -0.4 is 4.74 Å². The van der Waals surface area contributed by atoms with Crippen LogP contribution in [0, 0.1) is 0 Å². The predicted molar refractivity (Wildman–Crippen MR) is 187 cm³/mol. The fourth-order valence-electron chi connectivity index (χ4n) is 9.02. The van der Waals surface area contributed by atoms with Crippen molar-refractivity contribution in [1.82, 2.24) is 0 Å². The van der Waals surface area contributed by atoms with Crippen molar-refractivity contribution < 1.29 is 4.74 Å². The molecule has 216 valence electrons. The molecule has 1 spiro atoms. The van der Waals surface area contributed by atoms with E-state index in [2.05, 4.69) is 171 Å². The van der Waals surface area contributed by atoms with E-state index in [1.165, 1.54) is 72.3 Å². The summed E-state index contributed by atoms with van der Waals surface area (Å²) in [4.78, 5) is 0. The normalized spacial score (nSPS) is 17.2. The van der Waals surface area contributed by atoms with Gasteiger partial charge in [0.1, 0.15) is 11.5 Å². The number of para-hydroxylation sites is 1. The van der Waals surface area contributed by atoms with Gasteiger partial charge in [0.2, 0.25) is 0 Å². The van der Waals surface area contributed by atoms with Crippen LogP contribution in [0.5, 0.6) is 11.5 Å². The zero-order valence-corrected chi connectivity index (χ0v) is 25.5. The summed E-state index contributed by atoms with van der Waals surface area (Å²) in [7, 11) is 0. The summed E-state index contributed by atoms with van der Waals surface area (Å²) in [6, 6.07) is 60.1. The highest BCUT2D eigenvalue weighted by Crippen LogP contribution is 2.65. The van der Waals surface area contributed by atoms with Crippen LogP contribution in [-0.2, 0) is 10.8 Å². The van der Waals surface area contributed by atoms with Crippen molar-refractivity contribution in [1.29, 1.82) is 0 Å². The lowest BCUT2D eigenvalue weighted by Crippen LogP contribution is -2.30. The molecule has 0 fully saturated rings. The summed E-state index contributed by atoms with van der Waals surface area (Å²) in [6.07, 6.45) is 0. The molecule has 1 heterocycles. The van der Waals surface area contributed by atoms with Gasteiger partial charge in [0.15, 0.2) is 0 Å². The van der Waals surface area contributed by atoms with Crippen LogP contribution >= 0.6 is 0 Å². The first kappa shape index (κ1) is 25.6. The van der Waals surface area contributed by atoms with Gasteiger partial charge >= 0.3 is 0 Å². The number of hydrogen-bond acceptors (Lipinski definition) is 1. The topological polar surface area (TPSA) is 9.23 Å². The second-order valence-electron chi connectivity index (χ2n) is 12.9. The van der Waals surface area contributed by atoms with E-state index in [1.807, 2.05) is 0 Å². The fraction of sp³-hybridized carbons (Fsp3) is 0.0667. The summed E-state index contributed by atoms with van der Waals surface area (Å²) in [6.45, 7) is 2.37. The Morgan fingerprint density at radius 1 is 0.370 bits per heavy atom. The van der Waals surface area contributed by atoms with Gasteiger partial charge in [-0.05, 0) is 80.3 Å². The first-order valence-corrected chi connectivity index (χ1v) is 16.1. The van der Waals surface area contributed by atoms with Crippen molar-refractivity contribution in [3.63, 3.8) is 0 Å². The molecule has 7 aromatic carbocycles. The predicted octanol–water partition coefficient (Wildman–Crippen LogP) is 11.2. The van der Waals surface area contributed by atoms with Gasteiger partial charge < -0.3 is 4.74 Å². The average Bonchev–Trinajstić information content (AvgIpc) is 3.59. The maximum atomic E-state index is 6.73. The zero-order valence-electron chi connectivity index (χ0n) is 25.5. The van der Waals surface area contributed by atoms with Crippen molar-refractivity contribution in [3.8, 4) is 44.9 Å². The molecule has 1 atom stereocenters. The smallest absolute Gasteiger partial charge is 0.132 e. The molecule has 10 rings (SSSR count). The average molecular weight is 587 g/mol. The molecule has 0 saturated heterocycles. The number of rotatable bonds is 2. The Hall–Kier alpha value is -5.66. The maximum Gasteiger partial charge on any atom is 0.132 e. The summed E-state index contributed by atoms with van der Waals surface area (Å²) < 4.78 is 6.73. The van der Waals surface area contributed by atoms with E-state index < -0.39 is 5.41 Å². The van der Waals surface area contributed by atoms with E-state index in [0.717, 1.165) is 11.5 Å². The van der Waals surface area contributed by atoms with Crippen LogP contribution in [-0.4, -0.2) is 0 Å². The minimum atomic E-state index is -0.423. The summed E-state index contributed by atoms with van der Waals surface area (Å²) in [5, 5.41) is 0. The third-order valence-electron chi connectivity index (χ3n) is 10.8. The fourth-order valence-corrected chi connectivity index (χ4v) is 9.02. The van der Waals surface area contributed by atoms with Crippen LogP contribution in [0.3, 0.4) is 0 Å². The lowest BCUT2D eigenvalue weighted by atomic mass is 9.66. The van der Waals surface area contributed by atoms with Gasteiger partial charge in [-0.3, -0.25) is 0 Å². The van der Waals surface area contributed by atoms with E-state index in [0.29, 0.717) is 0 Å². The van der Waals surface area contributed by atoms with E-state index >= 15 is 0 Å². The molecule has 0 radical (unpaired) electrons. The largest absolute Gasteiger partial charge is 0.457 e. The molecule has 0 saturated carbocycles. The summed E-state index contributed by atoms with van der Waals surface area (Å²) in [5.41, 5.74) is 16.0. The Kier molecular flexibility index (Phi) is 5.12. The van der Waals surface area contributed by atoms with E-state index in [9.17, 15) is 0 Å². The molecule has 7 aromatic rings. The zero-order chi connectivity index (χ0) is 30.5. The van der Waals surface area contributed by atoms with Crippen LogP contribution in [0.1, 0.15) is 45.9 Å². The second kappa shape index (κ2) is 9.19. The Balaban J connectivity index is 1.32. The Morgan fingerprint density at radius 2 is 0.848 bits per heavy atom. The molecular weight excluding hydrogens is 556 g/mol. The lowest BCUT2D eigenvalue weighted by molar-refractivity contribution is 0.428. The van der Waals surface area contributed by atoms with Crippen molar-refractivity contribution in [2.45, 2.75) is 17.8 Å². The number of benzene rings is 7. The molecule has 46 heavy (non-hydrogen) atoms. The molecule has 1 unspecified atom stereocenters. The van der Waals surface area contributed by atoms with Crippen LogP contribution in [0.4, 0.5) is 0 Å². The highest BCUT2D eigenvalue weighted by atomic mass is 16.5. The van der Waals surface area contributed by atoms with Gasteiger partial charge in [0.05, 0.1) is 10.8 Å². The standard InChI is InChI=1S/C45H30O/c1-44(29-15-3-2-4-16-29)38-25-11-12-27-40(38)46-41-28-14-21-33(43(41)44)32-20-13-26-39-42(32)34-19-7-10-24-37(34)45(39)35-22-8-5-17-30(35)31-18-6-9-23-36(31)45/h2-28H,1H3. The molecule has 0 N–H and O–H groups in total. The van der Waals surface area contributed by atoms with Crippen molar-refractivity contribution >= 4 is 0 Å². The van der Waals surface area contributed by atoms with Crippen LogP contribution in [0.25, 0.3) is 33.4 Å². The SMILES string of the molecule is CC1(c2ccccc2)c2ccccc2Oc2cccc(-c3cccc4c3-c3ccccc3C43c4ccccc4-c4ccccc43)c21. The molecule has 2 aliphatic carbocycles. The minimum Gasteiger partial charge on any atom is -0.457 e. The van der Waals surface area contributed by atoms with Gasteiger partial charge in [0, 0.05) is 11.1 Å². The summed E-state index contributed by atoms with van der Waals surface area (Å²) in [5.74, 6) is 1.83. The lowest BCUT2D eigenvalue weighted by Gasteiger charge is -2.39. The highest BCUT2D eigenvalue weighted by molar-refractivity contribution is 6.00. The monoisotopic (exact) mass is 586 g/mol.